The van der Waals surface area contributed by atoms with E-state index in [9.17, 15) is 19.7 Å². The number of anilines is 1. The van der Waals surface area contributed by atoms with Crippen LogP contribution in [0.25, 0.3) is 11.0 Å². The highest BCUT2D eigenvalue weighted by molar-refractivity contribution is 5.98. The van der Waals surface area contributed by atoms with Crippen molar-refractivity contribution >= 4 is 34.3 Å². The Morgan fingerprint density at radius 1 is 1.03 bits per heavy atom. The van der Waals surface area contributed by atoms with E-state index in [-0.39, 0.29) is 16.9 Å². The zero-order chi connectivity index (χ0) is 21.1. The van der Waals surface area contributed by atoms with E-state index >= 15 is 0 Å². The van der Waals surface area contributed by atoms with E-state index in [1.807, 2.05) is 13.8 Å². The van der Waals surface area contributed by atoms with Crippen molar-refractivity contribution in [2.24, 2.45) is 0 Å². The van der Waals surface area contributed by atoms with E-state index in [4.69, 9.17) is 4.74 Å². The topological polar surface area (TPSA) is 124 Å². The Bertz CT molecular complexity index is 1140. The fraction of sp³-hybridized carbons (Fsp3) is 0.200. The molecule has 0 fully saturated rings. The second-order valence-electron chi connectivity index (χ2n) is 6.50. The number of nitro groups is 1. The van der Waals surface area contributed by atoms with Crippen LogP contribution in [-0.4, -0.2) is 33.4 Å². The van der Waals surface area contributed by atoms with Gasteiger partial charge in [-0.2, -0.15) is 0 Å². The molecule has 0 aliphatic carbocycles. The number of nitrogens with one attached hydrogen (secondary N) is 1. The molecule has 1 amide bonds. The largest absolute Gasteiger partial charge is 0.452 e. The number of rotatable bonds is 5. The number of aromatic nitrogens is 2. The summed E-state index contributed by atoms with van der Waals surface area (Å²) in [5.74, 6) is -1.39. The molecule has 9 heteroatoms. The van der Waals surface area contributed by atoms with Gasteiger partial charge in [0.1, 0.15) is 5.69 Å². The van der Waals surface area contributed by atoms with Crippen LogP contribution >= 0.6 is 0 Å². The Morgan fingerprint density at radius 2 is 1.72 bits per heavy atom. The summed E-state index contributed by atoms with van der Waals surface area (Å²) in [5.41, 5.74) is 3.46. The number of nitro benzene ring substituents is 1. The lowest BCUT2D eigenvalue weighted by Crippen LogP contribution is -2.21. The minimum Gasteiger partial charge on any atom is -0.452 e. The summed E-state index contributed by atoms with van der Waals surface area (Å²) in [7, 11) is 0. The van der Waals surface area contributed by atoms with Crippen LogP contribution in [0.1, 0.15) is 27.3 Å². The molecule has 1 aromatic heterocycles. The first kappa shape index (κ1) is 19.9. The average Bonchev–Trinajstić information content (AvgIpc) is 2.68. The molecule has 0 bridgehead atoms. The SMILES string of the molecule is Cc1ccc(NC(=O)COC(=O)c2ccc3nc(C)c(C)nc3c2)c([N+](=O)[O-])c1. The maximum atomic E-state index is 12.3. The van der Waals surface area contributed by atoms with Crippen LogP contribution in [0.5, 0.6) is 0 Å². The molecule has 1 heterocycles. The van der Waals surface area contributed by atoms with Crippen LogP contribution < -0.4 is 5.32 Å². The number of ether oxygens (including phenoxy) is 1. The first-order valence-electron chi connectivity index (χ1n) is 8.71. The van der Waals surface area contributed by atoms with E-state index in [0.29, 0.717) is 16.6 Å². The number of esters is 1. The Morgan fingerprint density at radius 3 is 2.41 bits per heavy atom. The molecule has 29 heavy (non-hydrogen) atoms. The third-order valence-electron chi connectivity index (χ3n) is 4.27. The lowest BCUT2D eigenvalue weighted by atomic mass is 10.2. The minimum absolute atomic E-state index is 0.0356. The molecule has 2 aromatic carbocycles. The summed E-state index contributed by atoms with van der Waals surface area (Å²) in [5, 5.41) is 13.5. The number of hydrogen-bond acceptors (Lipinski definition) is 7. The number of benzene rings is 2. The van der Waals surface area contributed by atoms with E-state index < -0.39 is 23.4 Å². The van der Waals surface area contributed by atoms with Gasteiger partial charge in [0.2, 0.25) is 0 Å². The van der Waals surface area contributed by atoms with E-state index in [0.717, 1.165) is 11.4 Å². The molecular weight excluding hydrogens is 376 g/mol. The van der Waals surface area contributed by atoms with Gasteiger partial charge in [-0.1, -0.05) is 6.07 Å². The fourth-order valence-corrected chi connectivity index (χ4v) is 2.66. The van der Waals surface area contributed by atoms with Gasteiger partial charge in [-0.05, 0) is 50.6 Å². The van der Waals surface area contributed by atoms with Crippen LogP contribution in [0.4, 0.5) is 11.4 Å². The first-order chi connectivity index (χ1) is 13.7. The van der Waals surface area contributed by atoms with E-state index in [1.165, 1.54) is 18.2 Å². The Kier molecular flexibility index (Phi) is 5.49. The van der Waals surface area contributed by atoms with Crippen molar-refractivity contribution in [3.8, 4) is 0 Å². The normalized spacial score (nSPS) is 10.6. The zero-order valence-electron chi connectivity index (χ0n) is 16.1. The molecule has 3 rings (SSSR count). The van der Waals surface area contributed by atoms with Crippen molar-refractivity contribution in [1.29, 1.82) is 0 Å². The molecule has 1 N–H and O–H groups in total. The van der Waals surface area contributed by atoms with Gasteiger partial charge in [-0.25, -0.2) is 14.8 Å². The zero-order valence-corrected chi connectivity index (χ0v) is 16.1. The van der Waals surface area contributed by atoms with E-state index in [2.05, 4.69) is 15.3 Å². The van der Waals surface area contributed by atoms with Crippen LogP contribution in [0.2, 0.25) is 0 Å². The number of nitrogens with zero attached hydrogens (tertiary/aromatic N) is 3. The quantitative estimate of drug-likeness (QED) is 0.400. The maximum Gasteiger partial charge on any atom is 0.338 e. The van der Waals surface area contributed by atoms with Gasteiger partial charge >= 0.3 is 5.97 Å². The molecule has 9 nitrogen and oxygen atoms in total. The molecule has 0 saturated heterocycles. The lowest BCUT2D eigenvalue weighted by Gasteiger charge is -2.08. The fourth-order valence-electron chi connectivity index (χ4n) is 2.66. The lowest BCUT2D eigenvalue weighted by molar-refractivity contribution is -0.384. The van der Waals surface area contributed by atoms with Gasteiger partial charge in [-0.15, -0.1) is 0 Å². The van der Waals surface area contributed by atoms with Gasteiger partial charge in [0, 0.05) is 6.07 Å². The van der Waals surface area contributed by atoms with Crippen molar-refractivity contribution in [1.82, 2.24) is 9.97 Å². The monoisotopic (exact) mass is 394 g/mol. The summed E-state index contributed by atoms with van der Waals surface area (Å²) < 4.78 is 5.02. The number of hydrogen-bond donors (Lipinski definition) is 1. The maximum absolute atomic E-state index is 12.3. The third-order valence-corrected chi connectivity index (χ3v) is 4.27. The highest BCUT2D eigenvalue weighted by Crippen LogP contribution is 2.25. The number of carbonyl (C=O) groups is 2. The summed E-state index contributed by atoms with van der Waals surface area (Å²) in [6.45, 7) is 4.79. The predicted octanol–water partition coefficient (Wildman–Crippen LogP) is 3.26. The molecule has 0 saturated carbocycles. The van der Waals surface area contributed by atoms with E-state index in [1.54, 1.807) is 25.1 Å². The highest BCUT2D eigenvalue weighted by Gasteiger charge is 2.17. The first-order valence-corrected chi connectivity index (χ1v) is 8.71. The number of fused-ring (bicyclic) bond motifs is 1. The molecule has 148 valence electrons. The van der Waals surface area contributed by atoms with Gasteiger partial charge < -0.3 is 10.1 Å². The summed E-state index contributed by atoms with van der Waals surface area (Å²) in [4.78, 5) is 43.6. The number of carbonyl (C=O) groups excluding carboxylic acids is 2. The standard InChI is InChI=1S/C20H18N4O5/c1-11-4-6-16(18(8-11)24(27)28)23-19(25)10-29-20(26)14-5-7-15-17(9-14)22-13(3)12(2)21-15/h4-9H,10H2,1-3H3,(H,23,25). The molecule has 0 radical (unpaired) electrons. The van der Waals surface area contributed by atoms with Crippen molar-refractivity contribution in [2.45, 2.75) is 20.8 Å². The molecule has 0 aliphatic rings. The van der Waals surface area contributed by atoms with Crippen LogP contribution in [0.15, 0.2) is 36.4 Å². The van der Waals surface area contributed by atoms with Crippen molar-refractivity contribution < 1.29 is 19.2 Å². The molecule has 0 atom stereocenters. The van der Waals surface area contributed by atoms with Crippen molar-refractivity contribution in [3.63, 3.8) is 0 Å². The van der Waals surface area contributed by atoms with Gasteiger partial charge in [0.05, 0.1) is 32.9 Å². The van der Waals surface area contributed by atoms with Gasteiger partial charge in [-0.3, -0.25) is 14.9 Å². The van der Waals surface area contributed by atoms with Gasteiger partial charge in [0.25, 0.3) is 11.6 Å². The Labute approximate surface area is 165 Å². The second-order valence-corrected chi connectivity index (χ2v) is 6.50. The minimum atomic E-state index is -0.708. The van der Waals surface area contributed by atoms with Gasteiger partial charge in [0.15, 0.2) is 6.61 Å². The Hall–Kier alpha value is -3.88. The van der Waals surface area contributed by atoms with Crippen molar-refractivity contribution in [2.75, 3.05) is 11.9 Å². The molecule has 0 spiro atoms. The molecule has 0 unspecified atom stereocenters. The van der Waals surface area contributed by atoms with Crippen molar-refractivity contribution in [3.05, 3.63) is 69.0 Å². The molecular formula is C20H18N4O5. The highest BCUT2D eigenvalue weighted by atomic mass is 16.6. The third kappa shape index (κ3) is 4.52. The number of amides is 1. The predicted molar refractivity (Wildman–Crippen MR) is 106 cm³/mol. The van der Waals surface area contributed by atoms with Crippen LogP contribution in [0.3, 0.4) is 0 Å². The average molecular weight is 394 g/mol. The summed E-state index contributed by atoms with van der Waals surface area (Å²) >= 11 is 0. The smallest absolute Gasteiger partial charge is 0.338 e. The summed E-state index contributed by atoms with van der Waals surface area (Å²) in [6.07, 6.45) is 0. The number of aryl methyl sites for hydroxylation is 3. The van der Waals surface area contributed by atoms with Crippen LogP contribution in [0, 0.1) is 30.9 Å². The molecule has 3 aromatic rings. The Balaban J connectivity index is 1.68. The summed E-state index contributed by atoms with van der Waals surface area (Å²) in [6, 6.07) is 9.15. The molecule has 0 aliphatic heterocycles. The van der Waals surface area contributed by atoms with Crippen LogP contribution in [-0.2, 0) is 9.53 Å². The second kappa shape index (κ2) is 8.01.